The van der Waals surface area contributed by atoms with Crippen molar-refractivity contribution in [2.24, 2.45) is 0 Å². The van der Waals surface area contributed by atoms with Crippen LogP contribution in [0.15, 0.2) is 48.5 Å². The first-order valence-corrected chi connectivity index (χ1v) is 6.94. The molecule has 110 valence electrons. The molecule has 0 fully saturated rings. The summed E-state index contributed by atoms with van der Waals surface area (Å²) in [5.41, 5.74) is 1.54. The average Bonchev–Trinajstić information content (AvgIpc) is 2.47. The highest BCUT2D eigenvalue weighted by Gasteiger charge is 2.12. The van der Waals surface area contributed by atoms with Crippen molar-refractivity contribution in [3.8, 4) is 5.75 Å². The summed E-state index contributed by atoms with van der Waals surface area (Å²) in [6.07, 6.45) is 0. The van der Waals surface area contributed by atoms with E-state index < -0.39 is 0 Å². The molecule has 2 aromatic rings. The minimum Gasteiger partial charge on any atom is -0.497 e. The number of amides is 2. The maximum Gasteiger partial charge on any atom is 0.319 e. The normalized spacial score (nSPS) is 11.6. The highest BCUT2D eigenvalue weighted by Crippen LogP contribution is 2.22. The number of anilines is 1. The van der Waals surface area contributed by atoms with Gasteiger partial charge in [0, 0.05) is 16.8 Å². The third kappa shape index (κ3) is 4.13. The molecule has 0 bridgehead atoms. The van der Waals surface area contributed by atoms with E-state index in [-0.39, 0.29) is 12.1 Å². The van der Waals surface area contributed by atoms with E-state index in [2.05, 4.69) is 10.6 Å². The molecule has 0 aliphatic rings. The van der Waals surface area contributed by atoms with Crippen LogP contribution in [0, 0.1) is 0 Å². The average molecular weight is 305 g/mol. The quantitative estimate of drug-likeness (QED) is 0.888. The van der Waals surface area contributed by atoms with Gasteiger partial charge in [-0.15, -0.1) is 0 Å². The Labute approximate surface area is 129 Å². The van der Waals surface area contributed by atoms with Crippen molar-refractivity contribution in [1.29, 1.82) is 0 Å². The molecule has 0 heterocycles. The SMILES string of the molecule is COc1cccc(NC(=O)NC(C)c2ccccc2Cl)c1. The highest BCUT2D eigenvalue weighted by molar-refractivity contribution is 6.31. The number of hydrogen-bond acceptors (Lipinski definition) is 2. The number of hydrogen-bond donors (Lipinski definition) is 2. The van der Waals surface area contributed by atoms with Gasteiger partial charge in [0.25, 0.3) is 0 Å². The molecular weight excluding hydrogens is 288 g/mol. The molecule has 4 nitrogen and oxygen atoms in total. The van der Waals surface area contributed by atoms with Crippen LogP contribution in [0.4, 0.5) is 10.5 Å². The van der Waals surface area contributed by atoms with Gasteiger partial charge in [-0.05, 0) is 30.7 Å². The molecule has 2 aromatic carbocycles. The monoisotopic (exact) mass is 304 g/mol. The van der Waals surface area contributed by atoms with Crippen LogP contribution in [-0.2, 0) is 0 Å². The number of benzene rings is 2. The second-order valence-corrected chi connectivity index (χ2v) is 4.98. The van der Waals surface area contributed by atoms with Crippen molar-refractivity contribution in [1.82, 2.24) is 5.32 Å². The Bertz CT molecular complexity index is 631. The van der Waals surface area contributed by atoms with Gasteiger partial charge in [-0.1, -0.05) is 35.9 Å². The predicted molar refractivity (Wildman–Crippen MR) is 85.0 cm³/mol. The number of ether oxygens (including phenoxy) is 1. The van der Waals surface area contributed by atoms with Crippen LogP contribution in [0.3, 0.4) is 0 Å². The van der Waals surface area contributed by atoms with Crippen molar-refractivity contribution in [3.05, 3.63) is 59.1 Å². The number of rotatable bonds is 4. The third-order valence-corrected chi connectivity index (χ3v) is 3.39. The minimum absolute atomic E-state index is 0.190. The molecule has 21 heavy (non-hydrogen) atoms. The molecule has 0 spiro atoms. The minimum atomic E-state index is -0.296. The molecule has 1 unspecified atom stereocenters. The third-order valence-electron chi connectivity index (χ3n) is 3.05. The first-order valence-electron chi connectivity index (χ1n) is 6.56. The van der Waals surface area contributed by atoms with Crippen molar-refractivity contribution in [2.75, 3.05) is 12.4 Å². The van der Waals surface area contributed by atoms with Crippen LogP contribution in [0.25, 0.3) is 0 Å². The summed E-state index contributed by atoms with van der Waals surface area (Å²) in [5, 5.41) is 6.24. The smallest absolute Gasteiger partial charge is 0.319 e. The van der Waals surface area contributed by atoms with Crippen molar-refractivity contribution < 1.29 is 9.53 Å². The molecule has 2 rings (SSSR count). The predicted octanol–water partition coefficient (Wildman–Crippen LogP) is 4.23. The van der Waals surface area contributed by atoms with E-state index in [0.29, 0.717) is 16.5 Å². The lowest BCUT2D eigenvalue weighted by atomic mass is 10.1. The van der Waals surface area contributed by atoms with E-state index in [4.69, 9.17) is 16.3 Å². The lowest BCUT2D eigenvalue weighted by Crippen LogP contribution is -2.31. The zero-order valence-electron chi connectivity index (χ0n) is 11.9. The molecule has 0 aromatic heterocycles. The van der Waals surface area contributed by atoms with Gasteiger partial charge in [0.05, 0.1) is 13.2 Å². The molecule has 0 aliphatic carbocycles. The number of methoxy groups -OCH3 is 1. The largest absolute Gasteiger partial charge is 0.497 e. The van der Waals surface area contributed by atoms with Crippen LogP contribution in [0.5, 0.6) is 5.75 Å². The fourth-order valence-corrected chi connectivity index (χ4v) is 2.27. The molecule has 0 radical (unpaired) electrons. The van der Waals surface area contributed by atoms with E-state index >= 15 is 0 Å². The summed E-state index contributed by atoms with van der Waals surface area (Å²) in [6.45, 7) is 1.88. The van der Waals surface area contributed by atoms with Crippen LogP contribution in [0.1, 0.15) is 18.5 Å². The zero-order valence-corrected chi connectivity index (χ0v) is 12.6. The lowest BCUT2D eigenvalue weighted by Gasteiger charge is -2.16. The first-order chi connectivity index (χ1) is 10.1. The van der Waals surface area contributed by atoms with Gasteiger partial charge in [-0.2, -0.15) is 0 Å². The molecule has 2 amide bonds. The molecule has 2 N–H and O–H groups in total. The fraction of sp³-hybridized carbons (Fsp3) is 0.188. The second kappa shape index (κ2) is 6.99. The van der Waals surface area contributed by atoms with Gasteiger partial charge in [-0.3, -0.25) is 0 Å². The Balaban J connectivity index is 2.00. The van der Waals surface area contributed by atoms with Crippen LogP contribution in [0.2, 0.25) is 5.02 Å². The summed E-state index contributed by atoms with van der Waals surface area (Å²) in [7, 11) is 1.58. The van der Waals surface area contributed by atoms with Gasteiger partial charge in [0.15, 0.2) is 0 Å². The Morgan fingerprint density at radius 3 is 2.67 bits per heavy atom. The molecule has 0 saturated carbocycles. The second-order valence-electron chi connectivity index (χ2n) is 4.57. The van der Waals surface area contributed by atoms with Crippen molar-refractivity contribution >= 4 is 23.3 Å². The van der Waals surface area contributed by atoms with Gasteiger partial charge in [-0.25, -0.2) is 4.79 Å². The Kier molecular flexibility index (Phi) is 5.06. The number of halogens is 1. The Morgan fingerprint density at radius 1 is 1.19 bits per heavy atom. The lowest BCUT2D eigenvalue weighted by molar-refractivity contribution is 0.249. The maximum absolute atomic E-state index is 12.0. The summed E-state index contributed by atoms with van der Waals surface area (Å²) in [4.78, 5) is 12.0. The number of carbonyl (C=O) groups is 1. The van der Waals surface area contributed by atoms with E-state index in [1.165, 1.54) is 0 Å². The van der Waals surface area contributed by atoms with E-state index in [9.17, 15) is 4.79 Å². The van der Waals surface area contributed by atoms with Crippen LogP contribution in [-0.4, -0.2) is 13.1 Å². The highest BCUT2D eigenvalue weighted by atomic mass is 35.5. The van der Waals surface area contributed by atoms with Crippen LogP contribution < -0.4 is 15.4 Å². The summed E-state index contributed by atoms with van der Waals surface area (Å²) >= 11 is 6.11. The number of carbonyl (C=O) groups excluding carboxylic acids is 1. The molecule has 5 heteroatoms. The van der Waals surface area contributed by atoms with Gasteiger partial charge >= 0.3 is 6.03 Å². The molecular formula is C16H17ClN2O2. The fourth-order valence-electron chi connectivity index (χ4n) is 1.97. The Morgan fingerprint density at radius 2 is 1.95 bits per heavy atom. The van der Waals surface area contributed by atoms with E-state index in [1.54, 1.807) is 25.3 Å². The number of urea groups is 1. The first kappa shape index (κ1) is 15.2. The van der Waals surface area contributed by atoms with E-state index in [1.807, 2.05) is 37.3 Å². The standard InChI is InChI=1S/C16H17ClN2O2/c1-11(14-8-3-4-9-15(14)17)18-16(20)19-12-6-5-7-13(10-12)21-2/h3-11H,1-2H3,(H2,18,19,20). The van der Waals surface area contributed by atoms with Crippen LogP contribution >= 0.6 is 11.6 Å². The molecule has 0 saturated heterocycles. The summed E-state index contributed by atoms with van der Waals surface area (Å²) in [6, 6.07) is 14.1. The zero-order chi connectivity index (χ0) is 15.2. The van der Waals surface area contributed by atoms with Crippen molar-refractivity contribution in [3.63, 3.8) is 0 Å². The topological polar surface area (TPSA) is 50.4 Å². The van der Waals surface area contributed by atoms with E-state index in [0.717, 1.165) is 5.56 Å². The maximum atomic E-state index is 12.0. The Hall–Kier alpha value is -2.20. The number of nitrogens with one attached hydrogen (secondary N) is 2. The molecule has 0 aliphatic heterocycles. The van der Waals surface area contributed by atoms with Gasteiger partial charge in [0.2, 0.25) is 0 Å². The van der Waals surface area contributed by atoms with Crippen molar-refractivity contribution in [2.45, 2.75) is 13.0 Å². The molecule has 1 atom stereocenters. The summed E-state index contributed by atoms with van der Waals surface area (Å²) < 4.78 is 5.11. The van der Waals surface area contributed by atoms with Gasteiger partial charge in [0.1, 0.15) is 5.75 Å². The van der Waals surface area contributed by atoms with Gasteiger partial charge < -0.3 is 15.4 Å². The summed E-state index contributed by atoms with van der Waals surface area (Å²) in [5.74, 6) is 0.687.